The van der Waals surface area contributed by atoms with Crippen LogP contribution in [0, 0.1) is 12.8 Å². The molecule has 5 heteroatoms. The molecule has 1 heterocycles. The summed E-state index contributed by atoms with van der Waals surface area (Å²) in [6, 6.07) is 3.35. The highest BCUT2D eigenvalue weighted by Crippen LogP contribution is 2.21. The molecule has 5 nitrogen and oxygen atoms in total. The maximum Gasteiger partial charge on any atom is 0.315 e. The zero-order chi connectivity index (χ0) is 16.0. The van der Waals surface area contributed by atoms with Crippen molar-refractivity contribution in [2.75, 3.05) is 6.54 Å². The Kier molecular flexibility index (Phi) is 6.27. The molecule has 0 saturated carbocycles. The third kappa shape index (κ3) is 5.79. The first kappa shape index (κ1) is 17.6. The van der Waals surface area contributed by atoms with E-state index in [0.29, 0.717) is 11.7 Å². The SMILES string of the molecule is CCC(C)CC(C)NC(=O)NCC(C)(O)c1ccc(C)o1. The van der Waals surface area contributed by atoms with Crippen molar-refractivity contribution in [3.8, 4) is 0 Å². The minimum Gasteiger partial charge on any atom is -0.463 e. The zero-order valence-electron chi connectivity index (χ0n) is 13.7. The molecule has 21 heavy (non-hydrogen) atoms. The molecule has 0 radical (unpaired) electrons. The second-order valence-electron chi connectivity index (χ2n) is 6.16. The Balaban J connectivity index is 2.42. The van der Waals surface area contributed by atoms with Crippen LogP contribution in [0.1, 0.15) is 52.1 Å². The average Bonchev–Trinajstić information content (AvgIpc) is 2.83. The van der Waals surface area contributed by atoms with Gasteiger partial charge >= 0.3 is 6.03 Å². The van der Waals surface area contributed by atoms with Gasteiger partial charge in [-0.2, -0.15) is 0 Å². The fraction of sp³-hybridized carbons (Fsp3) is 0.688. The molecule has 3 N–H and O–H groups in total. The summed E-state index contributed by atoms with van der Waals surface area (Å²) in [7, 11) is 0. The van der Waals surface area contributed by atoms with Crippen LogP contribution in [0.4, 0.5) is 4.79 Å². The van der Waals surface area contributed by atoms with Crippen LogP contribution in [-0.2, 0) is 5.60 Å². The van der Waals surface area contributed by atoms with Gasteiger partial charge in [-0.3, -0.25) is 0 Å². The first-order valence-corrected chi connectivity index (χ1v) is 7.58. The Hall–Kier alpha value is -1.49. The number of aliphatic hydroxyl groups is 1. The van der Waals surface area contributed by atoms with E-state index < -0.39 is 5.60 Å². The van der Waals surface area contributed by atoms with Crippen LogP contribution < -0.4 is 10.6 Å². The van der Waals surface area contributed by atoms with Crippen LogP contribution >= 0.6 is 0 Å². The largest absolute Gasteiger partial charge is 0.463 e. The number of amides is 2. The van der Waals surface area contributed by atoms with Crippen LogP contribution in [0.3, 0.4) is 0 Å². The molecule has 0 aliphatic heterocycles. The Labute approximate surface area is 127 Å². The molecule has 2 amide bonds. The van der Waals surface area contributed by atoms with E-state index in [0.717, 1.165) is 18.6 Å². The van der Waals surface area contributed by atoms with Crippen molar-refractivity contribution < 1.29 is 14.3 Å². The smallest absolute Gasteiger partial charge is 0.315 e. The van der Waals surface area contributed by atoms with Crippen molar-refractivity contribution in [2.24, 2.45) is 5.92 Å². The van der Waals surface area contributed by atoms with Crippen LogP contribution in [0.5, 0.6) is 0 Å². The molecular weight excluding hydrogens is 268 g/mol. The number of aryl methyl sites for hydroxylation is 1. The maximum absolute atomic E-state index is 11.8. The van der Waals surface area contributed by atoms with E-state index in [2.05, 4.69) is 24.5 Å². The van der Waals surface area contributed by atoms with E-state index in [9.17, 15) is 9.90 Å². The lowest BCUT2D eigenvalue weighted by Crippen LogP contribution is -2.46. The van der Waals surface area contributed by atoms with Crippen LogP contribution in [0.15, 0.2) is 16.5 Å². The average molecular weight is 296 g/mol. The van der Waals surface area contributed by atoms with Gasteiger partial charge < -0.3 is 20.2 Å². The Bertz CT molecular complexity index is 454. The molecule has 0 aliphatic rings. The summed E-state index contributed by atoms with van der Waals surface area (Å²) in [6.07, 6.45) is 2.04. The second kappa shape index (κ2) is 7.50. The lowest BCUT2D eigenvalue weighted by atomic mass is 10.0. The lowest BCUT2D eigenvalue weighted by Gasteiger charge is -2.23. The van der Waals surface area contributed by atoms with Gasteiger partial charge in [-0.25, -0.2) is 4.79 Å². The van der Waals surface area contributed by atoms with Gasteiger partial charge in [0.1, 0.15) is 17.1 Å². The van der Waals surface area contributed by atoms with E-state index in [1.165, 1.54) is 0 Å². The highest BCUT2D eigenvalue weighted by atomic mass is 16.4. The summed E-state index contributed by atoms with van der Waals surface area (Å²) < 4.78 is 5.41. The number of hydrogen-bond acceptors (Lipinski definition) is 3. The van der Waals surface area contributed by atoms with Gasteiger partial charge in [0.05, 0.1) is 6.54 Å². The maximum atomic E-state index is 11.8. The predicted octanol–water partition coefficient (Wildman–Crippen LogP) is 2.92. The summed E-state index contributed by atoms with van der Waals surface area (Å²) >= 11 is 0. The standard InChI is InChI=1S/C16H28N2O3/c1-6-11(2)9-12(3)18-15(19)17-10-16(5,20)14-8-7-13(4)21-14/h7-8,11-12,20H,6,9-10H2,1-5H3,(H2,17,18,19). The van der Waals surface area contributed by atoms with E-state index in [1.54, 1.807) is 19.1 Å². The van der Waals surface area contributed by atoms with E-state index >= 15 is 0 Å². The summed E-state index contributed by atoms with van der Waals surface area (Å²) in [5.74, 6) is 1.76. The Morgan fingerprint density at radius 2 is 2.10 bits per heavy atom. The van der Waals surface area contributed by atoms with Crippen molar-refractivity contribution >= 4 is 6.03 Å². The minimum atomic E-state index is -1.22. The summed E-state index contributed by atoms with van der Waals surface area (Å²) in [5.41, 5.74) is -1.22. The topological polar surface area (TPSA) is 74.5 Å². The van der Waals surface area contributed by atoms with Crippen LogP contribution in [0.25, 0.3) is 0 Å². The molecule has 120 valence electrons. The number of hydrogen-bond donors (Lipinski definition) is 3. The number of urea groups is 1. The third-order valence-electron chi connectivity index (χ3n) is 3.69. The van der Waals surface area contributed by atoms with Crippen molar-refractivity contribution in [1.82, 2.24) is 10.6 Å². The van der Waals surface area contributed by atoms with Crippen molar-refractivity contribution in [3.63, 3.8) is 0 Å². The molecule has 3 atom stereocenters. The number of nitrogens with one attached hydrogen (secondary N) is 2. The van der Waals surface area contributed by atoms with Crippen molar-refractivity contribution in [1.29, 1.82) is 0 Å². The summed E-state index contributed by atoms with van der Waals surface area (Å²) in [5, 5.41) is 15.9. The molecule has 0 saturated heterocycles. The zero-order valence-corrected chi connectivity index (χ0v) is 13.7. The van der Waals surface area contributed by atoms with E-state index in [4.69, 9.17) is 4.42 Å². The molecular formula is C16H28N2O3. The highest BCUT2D eigenvalue weighted by Gasteiger charge is 2.27. The minimum absolute atomic E-state index is 0.0990. The quantitative estimate of drug-likeness (QED) is 0.724. The predicted molar refractivity (Wildman–Crippen MR) is 83.1 cm³/mol. The number of carbonyl (C=O) groups excluding carboxylic acids is 1. The molecule has 1 aromatic heterocycles. The van der Waals surface area contributed by atoms with Crippen LogP contribution in [-0.4, -0.2) is 23.7 Å². The molecule has 0 aliphatic carbocycles. The van der Waals surface area contributed by atoms with Gasteiger partial charge in [0.2, 0.25) is 0 Å². The van der Waals surface area contributed by atoms with Gasteiger partial charge in [0.25, 0.3) is 0 Å². The number of rotatable bonds is 7. The van der Waals surface area contributed by atoms with Gasteiger partial charge in [0.15, 0.2) is 0 Å². The molecule has 1 rings (SSSR count). The molecule has 1 aromatic rings. The Morgan fingerprint density at radius 3 is 2.62 bits per heavy atom. The van der Waals surface area contributed by atoms with Gasteiger partial charge in [-0.05, 0) is 45.2 Å². The number of furan rings is 1. The van der Waals surface area contributed by atoms with Gasteiger partial charge in [-0.1, -0.05) is 20.3 Å². The Morgan fingerprint density at radius 1 is 1.43 bits per heavy atom. The van der Waals surface area contributed by atoms with Gasteiger partial charge in [0, 0.05) is 6.04 Å². The van der Waals surface area contributed by atoms with Crippen molar-refractivity contribution in [2.45, 2.75) is 59.1 Å². The van der Waals surface area contributed by atoms with Gasteiger partial charge in [-0.15, -0.1) is 0 Å². The molecule has 0 spiro atoms. The fourth-order valence-corrected chi connectivity index (χ4v) is 2.17. The highest BCUT2D eigenvalue weighted by molar-refractivity contribution is 5.74. The van der Waals surface area contributed by atoms with Crippen LogP contribution in [0.2, 0.25) is 0 Å². The first-order valence-electron chi connectivity index (χ1n) is 7.58. The van der Waals surface area contributed by atoms with E-state index in [1.807, 2.05) is 13.8 Å². The third-order valence-corrected chi connectivity index (χ3v) is 3.69. The molecule has 3 unspecified atom stereocenters. The molecule has 0 bridgehead atoms. The van der Waals surface area contributed by atoms with Crippen molar-refractivity contribution in [3.05, 3.63) is 23.7 Å². The number of carbonyl (C=O) groups is 1. The van der Waals surface area contributed by atoms with E-state index in [-0.39, 0.29) is 18.6 Å². The summed E-state index contributed by atoms with van der Waals surface area (Å²) in [6.45, 7) is 9.83. The lowest BCUT2D eigenvalue weighted by molar-refractivity contribution is 0.0359. The molecule has 0 fully saturated rings. The first-order chi connectivity index (χ1) is 9.74. The molecule has 0 aromatic carbocycles. The monoisotopic (exact) mass is 296 g/mol. The second-order valence-corrected chi connectivity index (χ2v) is 6.16. The normalized spacial score (nSPS) is 16.9. The fourth-order valence-electron chi connectivity index (χ4n) is 2.17. The summed E-state index contributed by atoms with van der Waals surface area (Å²) in [4.78, 5) is 11.8.